The highest BCUT2D eigenvalue weighted by Gasteiger charge is 2.14. The van der Waals surface area contributed by atoms with Gasteiger partial charge in [-0.1, -0.05) is 0 Å². The molecule has 0 saturated carbocycles. The molecule has 0 radical (unpaired) electrons. The molecule has 7 heteroatoms. The second-order valence-electron chi connectivity index (χ2n) is 3.85. The van der Waals surface area contributed by atoms with Crippen molar-refractivity contribution in [3.8, 4) is 0 Å². The van der Waals surface area contributed by atoms with Crippen LogP contribution in [0.25, 0.3) is 0 Å². The van der Waals surface area contributed by atoms with Gasteiger partial charge in [-0.25, -0.2) is 4.98 Å². The number of aliphatic hydroxyl groups is 1. The predicted molar refractivity (Wildman–Crippen MR) is 66.1 cm³/mol. The van der Waals surface area contributed by atoms with Gasteiger partial charge in [0.1, 0.15) is 5.69 Å². The number of aromatic nitrogens is 2. The summed E-state index contributed by atoms with van der Waals surface area (Å²) >= 11 is 0. The highest BCUT2D eigenvalue weighted by atomic mass is 16.5. The van der Waals surface area contributed by atoms with E-state index in [2.05, 4.69) is 4.98 Å². The van der Waals surface area contributed by atoms with E-state index in [9.17, 15) is 4.79 Å². The normalized spacial score (nSPS) is 10.6. The molecule has 1 heterocycles. The Morgan fingerprint density at radius 3 is 3.06 bits per heavy atom. The minimum Gasteiger partial charge on any atom is -0.394 e. The fourth-order valence-electron chi connectivity index (χ4n) is 1.41. The molecule has 1 rings (SSSR count). The molecule has 0 bridgehead atoms. The predicted octanol–water partition coefficient (Wildman–Crippen LogP) is -1.08. The van der Waals surface area contributed by atoms with Crippen molar-refractivity contribution >= 4 is 5.91 Å². The van der Waals surface area contributed by atoms with Gasteiger partial charge in [-0.3, -0.25) is 4.79 Å². The van der Waals surface area contributed by atoms with Gasteiger partial charge in [-0.15, -0.1) is 0 Å². The first-order valence-electron chi connectivity index (χ1n) is 5.85. The van der Waals surface area contributed by atoms with E-state index in [1.165, 1.54) is 4.90 Å². The lowest BCUT2D eigenvalue weighted by Crippen LogP contribution is -2.30. The van der Waals surface area contributed by atoms with Crippen LogP contribution >= 0.6 is 0 Å². The average Bonchev–Trinajstić information content (AvgIpc) is 2.82. The third-order valence-corrected chi connectivity index (χ3v) is 2.39. The Balaban J connectivity index is 2.41. The van der Waals surface area contributed by atoms with Crippen LogP contribution in [0, 0.1) is 0 Å². The number of nitrogens with two attached hydrogens (primary N) is 1. The van der Waals surface area contributed by atoms with Gasteiger partial charge < -0.3 is 25.0 Å². The first-order chi connectivity index (χ1) is 8.69. The SMILES string of the molecule is CN(CCOCCO)C(=O)c1cn(CCN)cn1. The van der Waals surface area contributed by atoms with Crippen LogP contribution < -0.4 is 5.73 Å². The van der Waals surface area contributed by atoms with Crippen molar-refractivity contribution in [2.24, 2.45) is 5.73 Å². The Morgan fingerprint density at radius 1 is 1.61 bits per heavy atom. The number of likely N-dealkylation sites (N-methyl/N-ethyl adjacent to an activating group) is 1. The average molecular weight is 256 g/mol. The molecule has 7 nitrogen and oxygen atoms in total. The van der Waals surface area contributed by atoms with Gasteiger partial charge in [0.25, 0.3) is 5.91 Å². The molecule has 18 heavy (non-hydrogen) atoms. The van der Waals surface area contributed by atoms with Gasteiger partial charge in [0.05, 0.1) is 26.1 Å². The van der Waals surface area contributed by atoms with Crippen LogP contribution in [0.2, 0.25) is 0 Å². The molecular weight excluding hydrogens is 236 g/mol. The third-order valence-electron chi connectivity index (χ3n) is 2.39. The molecule has 0 aliphatic carbocycles. The van der Waals surface area contributed by atoms with E-state index in [0.717, 1.165) is 0 Å². The zero-order valence-corrected chi connectivity index (χ0v) is 10.6. The zero-order valence-electron chi connectivity index (χ0n) is 10.6. The molecule has 102 valence electrons. The number of aliphatic hydroxyl groups excluding tert-OH is 1. The van der Waals surface area contributed by atoms with Crippen molar-refractivity contribution in [1.82, 2.24) is 14.5 Å². The molecule has 0 unspecified atom stereocenters. The number of ether oxygens (including phenoxy) is 1. The van der Waals surface area contributed by atoms with E-state index < -0.39 is 0 Å². The summed E-state index contributed by atoms with van der Waals surface area (Å²) in [6.07, 6.45) is 3.27. The molecule has 0 atom stereocenters. The lowest BCUT2D eigenvalue weighted by atomic mass is 10.4. The van der Waals surface area contributed by atoms with Crippen LogP contribution in [0.4, 0.5) is 0 Å². The monoisotopic (exact) mass is 256 g/mol. The molecule has 0 spiro atoms. The molecule has 1 amide bonds. The highest BCUT2D eigenvalue weighted by molar-refractivity contribution is 5.91. The van der Waals surface area contributed by atoms with Crippen molar-refractivity contribution in [1.29, 1.82) is 0 Å². The van der Waals surface area contributed by atoms with Crippen LogP contribution in [0.15, 0.2) is 12.5 Å². The van der Waals surface area contributed by atoms with Gasteiger partial charge in [0, 0.05) is 32.9 Å². The molecule has 0 fully saturated rings. The summed E-state index contributed by atoms with van der Waals surface area (Å²) in [5.74, 6) is -0.154. The lowest BCUT2D eigenvalue weighted by Gasteiger charge is -2.15. The number of nitrogens with zero attached hydrogens (tertiary/aromatic N) is 3. The number of imidazole rings is 1. The van der Waals surface area contributed by atoms with E-state index in [-0.39, 0.29) is 19.1 Å². The highest BCUT2D eigenvalue weighted by Crippen LogP contribution is 2.00. The Morgan fingerprint density at radius 2 is 2.39 bits per heavy atom. The Kier molecular flexibility index (Phi) is 6.34. The third kappa shape index (κ3) is 4.44. The largest absolute Gasteiger partial charge is 0.394 e. The number of carbonyl (C=O) groups is 1. The fraction of sp³-hybridized carbons (Fsp3) is 0.636. The first-order valence-corrected chi connectivity index (χ1v) is 5.85. The van der Waals surface area contributed by atoms with Gasteiger partial charge in [0.15, 0.2) is 0 Å². The van der Waals surface area contributed by atoms with Gasteiger partial charge in [-0.05, 0) is 0 Å². The number of carbonyl (C=O) groups excluding carboxylic acids is 1. The zero-order chi connectivity index (χ0) is 13.4. The second kappa shape index (κ2) is 7.80. The van der Waals surface area contributed by atoms with E-state index in [1.54, 1.807) is 24.1 Å². The summed E-state index contributed by atoms with van der Waals surface area (Å²) in [6.45, 7) is 2.28. The van der Waals surface area contributed by atoms with Gasteiger partial charge >= 0.3 is 0 Å². The standard InChI is InChI=1S/C11H20N4O3/c1-14(4-6-18-7-5-16)11(17)10-8-15(3-2-12)9-13-10/h8-9,16H,2-7,12H2,1H3. The smallest absolute Gasteiger partial charge is 0.273 e. The maximum atomic E-state index is 11.9. The molecule has 0 aliphatic rings. The molecule has 3 N–H and O–H groups in total. The van der Waals surface area contributed by atoms with Crippen molar-refractivity contribution in [2.75, 3.05) is 40.0 Å². The van der Waals surface area contributed by atoms with E-state index in [4.69, 9.17) is 15.6 Å². The van der Waals surface area contributed by atoms with Crippen molar-refractivity contribution in [3.63, 3.8) is 0 Å². The van der Waals surface area contributed by atoms with Crippen LogP contribution in [0.1, 0.15) is 10.5 Å². The summed E-state index contributed by atoms with van der Waals surface area (Å²) in [4.78, 5) is 17.5. The minimum atomic E-state index is -0.154. The number of hydrogen-bond acceptors (Lipinski definition) is 5. The maximum absolute atomic E-state index is 11.9. The van der Waals surface area contributed by atoms with Crippen LogP contribution in [-0.4, -0.2) is 65.4 Å². The minimum absolute atomic E-state index is 0.0127. The van der Waals surface area contributed by atoms with E-state index in [1.807, 2.05) is 0 Å². The van der Waals surface area contributed by atoms with E-state index >= 15 is 0 Å². The topological polar surface area (TPSA) is 93.6 Å². The maximum Gasteiger partial charge on any atom is 0.273 e. The number of amides is 1. The molecule has 1 aromatic heterocycles. The molecule has 1 aromatic rings. The number of hydrogen-bond donors (Lipinski definition) is 2. The van der Waals surface area contributed by atoms with Crippen LogP contribution in [0.5, 0.6) is 0 Å². The van der Waals surface area contributed by atoms with Gasteiger partial charge in [-0.2, -0.15) is 0 Å². The molecule has 0 aliphatic heterocycles. The Hall–Kier alpha value is -1.44. The number of rotatable bonds is 8. The summed E-state index contributed by atoms with van der Waals surface area (Å²) in [6, 6.07) is 0. The fourth-order valence-corrected chi connectivity index (χ4v) is 1.41. The first kappa shape index (κ1) is 14.6. The molecule has 0 aromatic carbocycles. The van der Waals surface area contributed by atoms with Crippen molar-refractivity contribution in [3.05, 3.63) is 18.2 Å². The van der Waals surface area contributed by atoms with Crippen LogP contribution in [-0.2, 0) is 11.3 Å². The van der Waals surface area contributed by atoms with Crippen molar-refractivity contribution < 1.29 is 14.6 Å². The molecule has 0 saturated heterocycles. The Bertz CT molecular complexity index is 367. The summed E-state index contributed by atoms with van der Waals surface area (Å²) < 4.78 is 6.88. The summed E-state index contributed by atoms with van der Waals surface area (Å²) in [7, 11) is 1.69. The summed E-state index contributed by atoms with van der Waals surface area (Å²) in [5.41, 5.74) is 5.82. The lowest BCUT2D eigenvalue weighted by molar-refractivity contribution is 0.0615. The van der Waals surface area contributed by atoms with Crippen LogP contribution in [0.3, 0.4) is 0 Å². The van der Waals surface area contributed by atoms with Crippen molar-refractivity contribution in [2.45, 2.75) is 6.54 Å². The van der Waals surface area contributed by atoms with Gasteiger partial charge in [0.2, 0.25) is 0 Å². The Labute approximate surface area is 106 Å². The summed E-state index contributed by atoms with van der Waals surface area (Å²) in [5, 5.41) is 8.54. The van der Waals surface area contributed by atoms with E-state index in [0.29, 0.717) is 31.9 Å². The quantitative estimate of drug-likeness (QED) is 0.577. The second-order valence-corrected chi connectivity index (χ2v) is 3.85. The molecular formula is C11H20N4O3.